The number of alkyl halides is 2. The maximum Gasteiger partial charge on any atom is 0.387 e. The molecule has 0 spiro atoms. The first kappa shape index (κ1) is 19.9. The van der Waals surface area contributed by atoms with Crippen LogP contribution in [-0.4, -0.2) is 32.3 Å². The second kappa shape index (κ2) is 8.46. The van der Waals surface area contributed by atoms with Crippen molar-refractivity contribution in [1.29, 1.82) is 0 Å². The smallest absolute Gasteiger partial charge is 0.387 e. The molecule has 1 aliphatic rings. The van der Waals surface area contributed by atoms with E-state index in [4.69, 9.17) is 9.47 Å². The van der Waals surface area contributed by atoms with Gasteiger partial charge in [0.1, 0.15) is 11.9 Å². The third-order valence-electron chi connectivity index (χ3n) is 4.93. The average Bonchev–Trinajstić information content (AvgIpc) is 2.96. The van der Waals surface area contributed by atoms with Gasteiger partial charge in [0.05, 0.1) is 12.7 Å². The number of hydrogen-bond donors (Lipinski definition) is 1. The Labute approximate surface area is 162 Å². The summed E-state index contributed by atoms with van der Waals surface area (Å²) >= 11 is 0. The Morgan fingerprint density at radius 1 is 1.21 bits per heavy atom. The molecular weight excluding hydrogens is 368 g/mol. The van der Waals surface area contributed by atoms with Gasteiger partial charge in [0.25, 0.3) is 5.91 Å². The monoisotopic (exact) mass is 391 g/mol. The number of hydrogen-bond acceptors (Lipinski definition) is 4. The van der Waals surface area contributed by atoms with Gasteiger partial charge in [0, 0.05) is 18.0 Å². The molecule has 2 aromatic rings. The van der Waals surface area contributed by atoms with Crippen LogP contribution >= 0.6 is 0 Å². The molecule has 0 bridgehead atoms. The second-order valence-electron chi connectivity index (χ2n) is 6.71. The van der Waals surface area contributed by atoms with Gasteiger partial charge in [-0.25, -0.2) is 0 Å². The predicted molar refractivity (Wildman–Crippen MR) is 101 cm³/mol. The van der Waals surface area contributed by atoms with E-state index in [2.05, 4.69) is 17.0 Å². The standard InChI is InChI=1S/C21H23F2NO4/c1-12-13(2)27-19-15(12)5-4-6-16(19)20(25)24-10-9-14-7-8-17(28-21(22)23)18(11-14)26-3/h4-8,11-13,21H,9-10H2,1-3H3,(H,24,25). The summed E-state index contributed by atoms with van der Waals surface area (Å²) in [4.78, 5) is 12.6. The van der Waals surface area contributed by atoms with Crippen LogP contribution in [-0.2, 0) is 6.42 Å². The molecule has 2 atom stereocenters. The quantitative estimate of drug-likeness (QED) is 0.770. The van der Waals surface area contributed by atoms with Crippen molar-refractivity contribution in [3.05, 3.63) is 53.1 Å². The van der Waals surface area contributed by atoms with Crippen molar-refractivity contribution in [2.75, 3.05) is 13.7 Å². The molecule has 1 aliphatic heterocycles. The van der Waals surface area contributed by atoms with E-state index in [9.17, 15) is 13.6 Å². The number of nitrogens with one attached hydrogen (secondary N) is 1. The number of rotatable bonds is 7. The van der Waals surface area contributed by atoms with Crippen LogP contribution in [0.2, 0.25) is 0 Å². The van der Waals surface area contributed by atoms with Crippen LogP contribution in [0.15, 0.2) is 36.4 Å². The summed E-state index contributed by atoms with van der Waals surface area (Å²) in [5, 5.41) is 2.88. The number of amides is 1. The Morgan fingerprint density at radius 3 is 2.71 bits per heavy atom. The van der Waals surface area contributed by atoms with Crippen molar-refractivity contribution < 1.29 is 27.8 Å². The molecule has 3 rings (SSSR count). The van der Waals surface area contributed by atoms with E-state index in [1.54, 1.807) is 18.2 Å². The van der Waals surface area contributed by atoms with Gasteiger partial charge in [-0.3, -0.25) is 4.79 Å². The lowest BCUT2D eigenvalue weighted by Crippen LogP contribution is -2.26. The third kappa shape index (κ3) is 4.18. The largest absolute Gasteiger partial charge is 0.493 e. The van der Waals surface area contributed by atoms with Gasteiger partial charge in [0.15, 0.2) is 11.5 Å². The predicted octanol–water partition coefficient (Wildman–Crippen LogP) is 4.15. The lowest BCUT2D eigenvalue weighted by Gasteiger charge is -2.12. The number of fused-ring (bicyclic) bond motifs is 1. The maximum absolute atomic E-state index is 12.6. The molecular formula is C21H23F2NO4. The van der Waals surface area contributed by atoms with Crippen LogP contribution in [0.4, 0.5) is 8.78 Å². The van der Waals surface area contributed by atoms with E-state index < -0.39 is 6.61 Å². The summed E-state index contributed by atoms with van der Waals surface area (Å²) in [6.45, 7) is 1.53. The average molecular weight is 391 g/mol. The van der Waals surface area contributed by atoms with E-state index in [-0.39, 0.29) is 29.4 Å². The zero-order valence-electron chi connectivity index (χ0n) is 16.0. The Hall–Kier alpha value is -2.83. The molecule has 1 N–H and O–H groups in total. The minimum Gasteiger partial charge on any atom is -0.493 e. The highest BCUT2D eigenvalue weighted by molar-refractivity contribution is 5.97. The molecule has 5 nitrogen and oxygen atoms in total. The minimum absolute atomic E-state index is 0.0227. The van der Waals surface area contributed by atoms with Gasteiger partial charge < -0.3 is 19.5 Å². The number of ether oxygens (including phenoxy) is 3. The van der Waals surface area contributed by atoms with Crippen LogP contribution in [0.25, 0.3) is 0 Å². The van der Waals surface area contributed by atoms with Gasteiger partial charge in [0.2, 0.25) is 0 Å². The molecule has 1 heterocycles. The molecule has 2 aromatic carbocycles. The van der Waals surface area contributed by atoms with Crippen LogP contribution in [0.1, 0.15) is 41.3 Å². The van der Waals surface area contributed by atoms with Gasteiger partial charge in [-0.2, -0.15) is 8.78 Å². The minimum atomic E-state index is -2.92. The number of carbonyl (C=O) groups excluding carboxylic acids is 1. The van der Waals surface area contributed by atoms with Crippen molar-refractivity contribution in [2.45, 2.75) is 38.9 Å². The number of carbonyl (C=O) groups is 1. The van der Waals surface area contributed by atoms with Gasteiger partial charge in [-0.05, 0) is 37.1 Å². The maximum atomic E-state index is 12.6. The molecule has 28 heavy (non-hydrogen) atoms. The van der Waals surface area contributed by atoms with Gasteiger partial charge in [-0.15, -0.1) is 0 Å². The molecule has 1 amide bonds. The molecule has 0 fully saturated rings. The van der Waals surface area contributed by atoms with Crippen molar-refractivity contribution >= 4 is 5.91 Å². The molecule has 0 radical (unpaired) electrons. The zero-order valence-corrected chi connectivity index (χ0v) is 16.0. The molecule has 0 aromatic heterocycles. The number of para-hydroxylation sites is 1. The van der Waals surface area contributed by atoms with E-state index in [0.29, 0.717) is 24.3 Å². The summed E-state index contributed by atoms with van der Waals surface area (Å²) in [7, 11) is 1.39. The highest BCUT2D eigenvalue weighted by atomic mass is 19.3. The summed E-state index contributed by atoms with van der Waals surface area (Å²) < 4.78 is 40.2. The van der Waals surface area contributed by atoms with Crippen molar-refractivity contribution in [1.82, 2.24) is 5.32 Å². The normalized spacial score (nSPS) is 17.8. The van der Waals surface area contributed by atoms with Crippen molar-refractivity contribution in [2.24, 2.45) is 0 Å². The van der Waals surface area contributed by atoms with Crippen LogP contribution < -0.4 is 19.5 Å². The molecule has 2 unspecified atom stereocenters. The Balaban J connectivity index is 1.63. The highest BCUT2D eigenvalue weighted by Gasteiger charge is 2.30. The fourth-order valence-electron chi connectivity index (χ4n) is 3.24. The lowest BCUT2D eigenvalue weighted by molar-refractivity contribution is -0.0512. The third-order valence-corrected chi connectivity index (χ3v) is 4.93. The molecule has 150 valence electrons. The van der Waals surface area contributed by atoms with Gasteiger partial charge >= 0.3 is 6.61 Å². The first-order chi connectivity index (χ1) is 13.4. The zero-order chi connectivity index (χ0) is 20.3. The van der Waals surface area contributed by atoms with Crippen LogP contribution in [0, 0.1) is 0 Å². The van der Waals surface area contributed by atoms with Crippen LogP contribution in [0.3, 0.4) is 0 Å². The van der Waals surface area contributed by atoms with E-state index >= 15 is 0 Å². The fourth-order valence-corrected chi connectivity index (χ4v) is 3.24. The first-order valence-corrected chi connectivity index (χ1v) is 9.10. The SMILES string of the molecule is COc1cc(CCNC(=O)c2cccc3c2OC(C)C3C)ccc1OC(F)F. The summed E-state index contributed by atoms with van der Waals surface area (Å²) in [5.41, 5.74) is 2.39. The highest BCUT2D eigenvalue weighted by Crippen LogP contribution is 2.40. The number of halogens is 2. The Morgan fingerprint density at radius 2 is 2.00 bits per heavy atom. The topological polar surface area (TPSA) is 56.8 Å². The summed E-state index contributed by atoms with van der Waals surface area (Å²) in [6.07, 6.45) is 0.546. The molecule has 0 saturated carbocycles. The fraction of sp³-hybridized carbons (Fsp3) is 0.381. The number of methoxy groups -OCH3 is 1. The molecule has 0 aliphatic carbocycles. The molecule has 7 heteroatoms. The van der Waals surface area contributed by atoms with E-state index in [0.717, 1.165) is 11.1 Å². The van der Waals surface area contributed by atoms with Crippen LogP contribution in [0.5, 0.6) is 17.2 Å². The Bertz CT molecular complexity index is 856. The summed E-state index contributed by atoms with van der Waals surface area (Å²) in [6, 6.07) is 10.3. The van der Waals surface area contributed by atoms with Crippen molar-refractivity contribution in [3.63, 3.8) is 0 Å². The molecule has 0 saturated heterocycles. The lowest BCUT2D eigenvalue weighted by atomic mass is 9.97. The summed E-state index contributed by atoms with van der Waals surface area (Å²) in [5.74, 6) is 0.883. The van der Waals surface area contributed by atoms with Crippen molar-refractivity contribution in [3.8, 4) is 17.2 Å². The second-order valence-corrected chi connectivity index (χ2v) is 6.71. The first-order valence-electron chi connectivity index (χ1n) is 9.10. The van der Waals surface area contributed by atoms with E-state index in [1.165, 1.54) is 13.2 Å². The van der Waals surface area contributed by atoms with E-state index in [1.807, 2.05) is 19.1 Å². The van der Waals surface area contributed by atoms with Gasteiger partial charge in [-0.1, -0.05) is 25.1 Å². The number of benzene rings is 2. The Kier molecular flexibility index (Phi) is 6.02.